The molecule has 1 N–H and O–H groups in total. The number of nitrogens with one attached hydrogen (secondary N) is 1. The van der Waals surface area contributed by atoms with E-state index in [1.165, 1.54) is 5.56 Å². The number of benzene rings is 2. The normalized spacial score (nSPS) is 16.5. The Morgan fingerprint density at radius 3 is 2.82 bits per heavy atom. The predicted octanol–water partition coefficient (Wildman–Crippen LogP) is 3.32. The Hall–Kier alpha value is -2.20. The fourth-order valence-corrected chi connectivity index (χ4v) is 2.81. The van der Waals surface area contributed by atoms with E-state index in [1.807, 2.05) is 36.4 Å². The molecule has 0 saturated heterocycles. The van der Waals surface area contributed by atoms with E-state index in [1.54, 1.807) is 14.2 Å². The molecule has 1 aliphatic heterocycles. The van der Waals surface area contributed by atoms with Crippen LogP contribution in [0.25, 0.3) is 0 Å². The van der Waals surface area contributed by atoms with Crippen molar-refractivity contribution in [1.29, 1.82) is 0 Å². The second kappa shape index (κ2) is 6.71. The summed E-state index contributed by atoms with van der Waals surface area (Å²) < 4.78 is 16.4. The number of methoxy groups -OCH3 is 2. The van der Waals surface area contributed by atoms with E-state index in [2.05, 4.69) is 11.4 Å². The van der Waals surface area contributed by atoms with E-state index < -0.39 is 0 Å². The quantitative estimate of drug-likeness (QED) is 0.919. The van der Waals surface area contributed by atoms with Gasteiger partial charge in [-0.15, -0.1) is 0 Å². The average Bonchev–Trinajstić information content (AvgIpc) is 2.59. The van der Waals surface area contributed by atoms with Gasteiger partial charge in [-0.3, -0.25) is 0 Å². The third-order valence-corrected chi connectivity index (χ3v) is 3.98. The first-order chi connectivity index (χ1) is 10.8. The molecule has 0 unspecified atom stereocenters. The topological polar surface area (TPSA) is 39.7 Å². The van der Waals surface area contributed by atoms with Crippen LogP contribution in [0.2, 0.25) is 0 Å². The van der Waals surface area contributed by atoms with Crippen molar-refractivity contribution in [2.24, 2.45) is 0 Å². The Kier molecular flexibility index (Phi) is 4.49. The van der Waals surface area contributed by atoms with Gasteiger partial charge in [0.2, 0.25) is 0 Å². The van der Waals surface area contributed by atoms with E-state index in [-0.39, 0.29) is 0 Å². The molecule has 0 amide bonds. The number of rotatable bonds is 5. The van der Waals surface area contributed by atoms with Gasteiger partial charge in [0.25, 0.3) is 0 Å². The van der Waals surface area contributed by atoms with Crippen molar-refractivity contribution in [1.82, 2.24) is 5.32 Å². The number of fused-ring (bicyclic) bond motifs is 1. The minimum Gasteiger partial charge on any atom is -0.497 e. The lowest BCUT2D eigenvalue weighted by Gasteiger charge is -2.27. The second-order valence-electron chi connectivity index (χ2n) is 5.29. The first-order valence-corrected chi connectivity index (χ1v) is 7.48. The molecule has 4 heteroatoms. The molecule has 22 heavy (non-hydrogen) atoms. The predicted molar refractivity (Wildman–Crippen MR) is 85.7 cm³/mol. The highest BCUT2D eigenvalue weighted by molar-refractivity contribution is 5.41. The Bertz CT molecular complexity index is 642. The minimum absolute atomic E-state index is 0.292. The highest BCUT2D eigenvalue weighted by atomic mass is 16.5. The lowest BCUT2D eigenvalue weighted by Crippen LogP contribution is -2.26. The van der Waals surface area contributed by atoms with Gasteiger partial charge >= 0.3 is 0 Å². The molecule has 3 rings (SSSR count). The molecule has 4 nitrogen and oxygen atoms in total. The summed E-state index contributed by atoms with van der Waals surface area (Å²) >= 11 is 0. The molecule has 0 spiro atoms. The first-order valence-electron chi connectivity index (χ1n) is 7.48. The second-order valence-corrected chi connectivity index (χ2v) is 5.29. The van der Waals surface area contributed by atoms with E-state index in [0.29, 0.717) is 6.04 Å². The summed E-state index contributed by atoms with van der Waals surface area (Å²) in [6, 6.07) is 14.3. The monoisotopic (exact) mass is 299 g/mol. The Morgan fingerprint density at radius 2 is 2.00 bits per heavy atom. The number of hydrogen-bond acceptors (Lipinski definition) is 4. The summed E-state index contributed by atoms with van der Waals surface area (Å²) in [5, 5.41) is 3.60. The molecule has 1 heterocycles. The van der Waals surface area contributed by atoms with Crippen molar-refractivity contribution in [2.75, 3.05) is 20.8 Å². The van der Waals surface area contributed by atoms with Crippen LogP contribution in [0.1, 0.15) is 23.6 Å². The average molecular weight is 299 g/mol. The highest BCUT2D eigenvalue weighted by Gasteiger charge is 2.20. The zero-order valence-electron chi connectivity index (χ0n) is 13.0. The third kappa shape index (κ3) is 3.02. The van der Waals surface area contributed by atoms with Crippen molar-refractivity contribution in [2.45, 2.75) is 19.0 Å². The molecule has 0 bridgehead atoms. The van der Waals surface area contributed by atoms with Crippen LogP contribution in [0, 0.1) is 0 Å². The van der Waals surface area contributed by atoms with Gasteiger partial charge in [-0.1, -0.05) is 18.2 Å². The molecule has 116 valence electrons. The third-order valence-electron chi connectivity index (χ3n) is 3.98. The van der Waals surface area contributed by atoms with Crippen LogP contribution in [0.4, 0.5) is 0 Å². The fraction of sp³-hybridized carbons (Fsp3) is 0.333. The van der Waals surface area contributed by atoms with E-state index in [4.69, 9.17) is 14.2 Å². The molecule has 0 aromatic heterocycles. The summed E-state index contributed by atoms with van der Waals surface area (Å²) in [5.41, 5.74) is 2.31. The van der Waals surface area contributed by atoms with Gasteiger partial charge in [0.05, 0.1) is 20.8 Å². The zero-order valence-corrected chi connectivity index (χ0v) is 13.0. The van der Waals surface area contributed by atoms with Gasteiger partial charge < -0.3 is 19.5 Å². The molecule has 0 saturated carbocycles. The van der Waals surface area contributed by atoms with Crippen molar-refractivity contribution < 1.29 is 14.2 Å². The van der Waals surface area contributed by atoms with Crippen LogP contribution in [0.15, 0.2) is 42.5 Å². The molecule has 0 fully saturated rings. The molecule has 0 radical (unpaired) electrons. The van der Waals surface area contributed by atoms with Gasteiger partial charge in [-0.2, -0.15) is 0 Å². The van der Waals surface area contributed by atoms with E-state index in [0.717, 1.165) is 42.4 Å². The van der Waals surface area contributed by atoms with Gasteiger partial charge in [-0.05, 0) is 24.3 Å². The SMILES string of the molecule is COc1ccc(OC)c(CN[C@@H]2CCOc3ccccc32)c1. The van der Waals surface area contributed by atoms with Crippen LogP contribution in [-0.2, 0) is 6.54 Å². The summed E-state index contributed by atoms with van der Waals surface area (Å²) in [6.45, 7) is 1.46. The summed E-state index contributed by atoms with van der Waals surface area (Å²) in [7, 11) is 3.36. The van der Waals surface area contributed by atoms with E-state index in [9.17, 15) is 0 Å². The minimum atomic E-state index is 0.292. The van der Waals surface area contributed by atoms with Gasteiger partial charge in [0, 0.05) is 30.1 Å². The lowest BCUT2D eigenvalue weighted by atomic mass is 10.0. The molecule has 1 aliphatic rings. The van der Waals surface area contributed by atoms with Crippen LogP contribution in [-0.4, -0.2) is 20.8 Å². The van der Waals surface area contributed by atoms with Crippen LogP contribution < -0.4 is 19.5 Å². The first kappa shape index (κ1) is 14.7. The molecular formula is C18H21NO3. The maximum atomic E-state index is 5.70. The molecule has 1 atom stereocenters. The highest BCUT2D eigenvalue weighted by Crippen LogP contribution is 2.32. The van der Waals surface area contributed by atoms with Crippen molar-refractivity contribution >= 4 is 0 Å². The molecular weight excluding hydrogens is 278 g/mol. The van der Waals surface area contributed by atoms with Crippen LogP contribution >= 0.6 is 0 Å². The van der Waals surface area contributed by atoms with E-state index >= 15 is 0 Å². The van der Waals surface area contributed by atoms with Crippen LogP contribution in [0.5, 0.6) is 17.2 Å². The van der Waals surface area contributed by atoms with Crippen LogP contribution in [0.3, 0.4) is 0 Å². The maximum Gasteiger partial charge on any atom is 0.124 e. The smallest absolute Gasteiger partial charge is 0.124 e. The molecule has 0 aliphatic carbocycles. The van der Waals surface area contributed by atoms with Crippen molar-refractivity contribution in [3.05, 3.63) is 53.6 Å². The summed E-state index contributed by atoms with van der Waals surface area (Å²) in [4.78, 5) is 0. The van der Waals surface area contributed by atoms with Crippen molar-refractivity contribution in [3.63, 3.8) is 0 Å². The number of hydrogen-bond donors (Lipinski definition) is 1. The Balaban J connectivity index is 1.76. The summed E-state index contributed by atoms with van der Waals surface area (Å²) in [5.74, 6) is 2.68. The van der Waals surface area contributed by atoms with Gasteiger partial charge in [-0.25, -0.2) is 0 Å². The largest absolute Gasteiger partial charge is 0.497 e. The number of para-hydroxylation sites is 1. The number of ether oxygens (including phenoxy) is 3. The molecule has 2 aromatic carbocycles. The molecule has 2 aromatic rings. The maximum absolute atomic E-state index is 5.70. The zero-order chi connectivity index (χ0) is 15.4. The summed E-state index contributed by atoms with van der Waals surface area (Å²) in [6.07, 6.45) is 0.962. The lowest BCUT2D eigenvalue weighted by molar-refractivity contribution is 0.252. The van der Waals surface area contributed by atoms with Gasteiger partial charge in [0.15, 0.2) is 0 Å². The van der Waals surface area contributed by atoms with Crippen molar-refractivity contribution in [3.8, 4) is 17.2 Å². The Morgan fingerprint density at radius 1 is 1.14 bits per heavy atom. The Labute approximate surface area is 131 Å². The van der Waals surface area contributed by atoms with Gasteiger partial charge in [0.1, 0.15) is 17.2 Å². The standard InChI is InChI=1S/C18H21NO3/c1-20-14-7-8-17(21-2)13(11-14)12-19-16-9-10-22-18-6-4-3-5-15(16)18/h3-8,11,16,19H,9-10,12H2,1-2H3/t16-/m1/s1. The fourth-order valence-electron chi connectivity index (χ4n) is 2.81.